The number of nitrogens with one attached hydrogen (secondary N) is 1. The van der Waals surface area contributed by atoms with Gasteiger partial charge in [-0.25, -0.2) is 9.78 Å². The van der Waals surface area contributed by atoms with Crippen molar-refractivity contribution in [3.05, 3.63) is 76.9 Å². The fourth-order valence-corrected chi connectivity index (χ4v) is 2.79. The average Bonchev–Trinajstić information content (AvgIpc) is 2.68. The second-order valence-corrected chi connectivity index (χ2v) is 6.43. The Balaban J connectivity index is 1.61. The van der Waals surface area contributed by atoms with Gasteiger partial charge in [-0.15, -0.1) is 0 Å². The number of carbonyl (C=O) groups is 1. The standard InChI is InChI=1S/C20H15ClF3N3O2/c21-17-8-7-14(10-16(17)20(22,23)24)27-19(28)29-11-12-3-5-13(6-4-12)15-2-1-9-26-18(15)25/h1-10H,11H2,(H2,25,26)(H,27,28). The van der Waals surface area contributed by atoms with E-state index in [0.29, 0.717) is 11.4 Å². The molecule has 0 aliphatic heterocycles. The van der Waals surface area contributed by atoms with Gasteiger partial charge in [0, 0.05) is 17.4 Å². The van der Waals surface area contributed by atoms with Crippen LogP contribution in [0.15, 0.2) is 60.8 Å². The monoisotopic (exact) mass is 421 g/mol. The smallest absolute Gasteiger partial charge is 0.417 e. The summed E-state index contributed by atoms with van der Waals surface area (Å²) in [6, 6.07) is 13.8. The molecule has 0 aliphatic carbocycles. The topological polar surface area (TPSA) is 77.2 Å². The number of nitrogens with zero attached hydrogens (tertiary/aromatic N) is 1. The number of alkyl halides is 3. The maximum atomic E-state index is 12.9. The normalized spacial score (nSPS) is 11.2. The average molecular weight is 422 g/mol. The molecule has 0 fully saturated rings. The molecular weight excluding hydrogens is 407 g/mol. The molecule has 5 nitrogen and oxygen atoms in total. The molecule has 3 aromatic rings. The molecule has 0 radical (unpaired) electrons. The van der Waals surface area contributed by atoms with Gasteiger partial charge < -0.3 is 10.5 Å². The van der Waals surface area contributed by atoms with Crippen molar-refractivity contribution in [2.24, 2.45) is 0 Å². The van der Waals surface area contributed by atoms with Crippen LogP contribution in [0.2, 0.25) is 5.02 Å². The van der Waals surface area contributed by atoms with Crippen LogP contribution in [0.25, 0.3) is 11.1 Å². The summed E-state index contributed by atoms with van der Waals surface area (Å²) in [5, 5.41) is 1.80. The van der Waals surface area contributed by atoms with E-state index in [1.54, 1.807) is 36.5 Å². The van der Waals surface area contributed by atoms with Gasteiger partial charge in [-0.05, 0) is 41.5 Å². The summed E-state index contributed by atoms with van der Waals surface area (Å²) < 4.78 is 43.7. The fraction of sp³-hybridized carbons (Fsp3) is 0.100. The highest BCUT2D eigenvalue weighted by molar-refractivity contribution is 6.31. The Hall–Kier alpha value is -3.26. The predicted molar refractivity (Wildman–Crippen MR) is 104 cm³/mol. The van der Waals surface area contributed by atoms with Crippen LogP contribution in [0.3, 0.4) is 0 Å². The van der Waals surface area contributed by atoms with E-state index in [1.165, 1.54) is 6.07 Å². The third-order valence-corrected chi connectivity index (χ3v) is 4.32. The Morgan fingerprint density at radius 3 is 2.52 bits per heavy atom. The number of rotatable bonds is 4. The number of amides is 1. The highest BCUT2D eigenvalue weighted by Gasteiger charge is 2.33. The van der Waals surface area contributed by atoms with Gasteiger partial charge in [0.2, 0.25) is 0 Å². The summed E-state index contributed by atoms with van der Waals surface area (Å²) in [6.07, 6.45) is -3.92. The maximum absolute atomic E-state index is 12.9. The molecule has 0 saturated heterocycles. The van der Waals surface area contributed by atoms with Gasteiger partial charge in [0.05, 0.1) is 10.6 Å². The SMILES string of the molecule is Nc1ncccc1-c1ccc(COC(=O)Nc2ccc(Cl)c(C(F)(F)F)c2)cc1. The van der Waals surface area contributed by atoms with Gasteiger partial charge in [-0.2, -0.15) is 13.2 Å². The Kier molecular flexibility index (Phi) is 5.93. The number of hydrogen-bond acceptors (Lipinski definition) is 4. The lowest BCUT2D eigenvalue weighted by molar-refractivity contribution is -0.137. The molecular formula is C20H15ClF3N3O2. The van der Waals surface area contributed by atoms with Crippen LogP contribution in [0.1, 0.15) is 11.1 Å². The highest BCUT2D eigenvalue weighted by atomic mass is 35.5. The van der Waals surface area contributed by atoms with Crippen molar-refractivity contribution < 1.29 is 22.7 Å². The molecule has 29 heavy (non-hydrogen) atoms. The number of halogens is 4. The first-order valence-electron chi connectivity index (χ1n) is 8.34. The summed E-state index contributed by atoms with van der Waals surface area (Å²) in [7, 11) is 0. The van der Waals surface area contributed by atoms with Gasteiger partial charge in [0.15, 0.2) is 0 Å². The molecule has 0 bridgehead atoms. The highest BCUT2D eigenvalue weighted by Crippen LogP contribution is 2.36. The number of anilines is 2. The van der Waals surface area contributed by atoms with E-state index in [9.17, 15) is 18.0 Å². The Morgan fingerprint density at radius 2 is 1.86 bits per heavy atom. The second kappa shape index (κ2) is 8.40. The van der Waals surface area contributed by atoms with E-state index in [-0.39, 0.29) is 12.3 Å². The summed E-state index contributed by atoms with van der Waals surface area (Å²) in [5.41, 5.74) is 7.05. The predicted octanol–water partition coefficient (Wildman–Crippen LogP) is 5.75. The number of pyridine rings is 1. The van der Waals surface area contributed by atoms with Crippen LogP contribution in [-0.4, -0.2) is 11.1 Å². The van der Waals surface area contributed by atoms with Crippen molar-refractivity contribution in [3.63, 3.8) is 0 Å². The van der Waals surface area contributed by atoms with Gasteiger partial charge in [0.25, 0.3) is 0 Å². The summed E-state index contributed by atoms with van der Waals surface area (Å²) in [5.74, 6) is 0.400. The number of ether oxygens (including phenoxy) is 1. The zero-order chi connectivity index (χ0) is 21.0. The molecule has 3 rings (SSSR count). The van der Waals surface area contributed by atoms with E-state index in [2.05, 4.69) is 10.3 Å². The van der Waals surface area contributed by atoms with Crippen molar-refractivity contribution in [3.8, 4) is 11.1 Å². The second-order valence-electron chi connectivity index (χ2n) is 6.03. The molecule has 0 spiro atoms. The third kappa shape index (κ3) is 5.17. The minimum Gasteiger partial charge on any atom is -0.444 e. The van der Waals surface area contributed by atoms with Crippen molar-refractivity contribution in [1.29, 1.82) is 0 Å². The van der Waals surface area contributed by atoms with Gasteiger partial charge in [0.1, 0.15) is 12.4 Å². The first-order chi connectivity index (χ1) is 13.7. The molecule has 2 aromatic carbocycles. The number of nitrogen functional groups attached to an aromatic ring is 1. The molecule has 0 saturated carbocycles. The van der Waals surface area contributed by atoms with Crippen molar-refractivity contribution in [1.82, 2.24) is 4.98 Å². The van der Waals surface area contributed by atoms with Crippen molar-refractivity contribution >= 4 is 29.2 Å². The number of hydrogen-bond donors (Lipinski definition) is 2. The van der Waals surface area contributed by atoms with Crippen LogP contribution in [-0.2, 0) is 17.5 Å². The third-order valence-electron chi connectivity index (χ3n) is 3.99. The van der Waals surface area contributed by atoms with E-state index in [4.69, 9.17) is 22.1 Å². The summed E-state index contributed by atoms with van der Waals surface area (Å²) >= 11 is 5.55. The van der Waals surface area contributed by atoms with E-state index in [0.717, 1.165) is 23.3 Å². The number of carbonyl (C=O) groups excluding carboxylic acids is 1. The number of aromatic nitrogens is 1. The van der Waals surface area contributed by atoms with Gasteiger partial charge >= 0.3 is 12.3 Å². The van der Waals surface area contributed by atoms with E-state index in [1.807, 2.05) is 6.07 Å². The summed E-state index contributed by atoms with van der Waals surface area (Å²) in [4.78, 5) is 15.9. The maximum Gasteiger partial charge on any atom is 0.417 e. The van der Waals surface area contributed by atoms with Gasteiger partial charge in [-0.3, -0.25) is 5.32 Å². The van der Waals surface area contributed by atoms with E-state index < -0.39 is 22.9 Å². The van der Waals surface area contributed by atoms with Crippen LogP contribution in [0, 0.1) is 0 Å². The quantitative estimate of drug-likeness (QED) is 0.562. The van der Waals surface area contributed by atoms with E-state index >= 15 is 0 Å². The molecule has 1 amide bonds. The Morgan fingerprint density at radius 1 is 1.14 bits per heavy atom. The zero-order valence-corrected chi connectivity index (χ0v) is 15.6. The Labute approximate surface area is 169 Å². The molecule has 150 valence electrons. The molecule has 0 aliphatic rings. The lowest BCUT2D eigenvalue weighted by Gasteiger charge is -2.12. The van der Waals surface area contributed by atoms with Crippen LogP contribution < -0.4 is 11.1 Å². The summed E-state index contributed by atoms with van der Waals surface area (Å²) in [6.45, 7) is -0.0612. The van der Waals surface area contributed by atoms with Crippen LogP contribution in [0.5, 0.6) is 0 Å². The molecule has 3 N–H and O–H groups in total. The van der Waals surface area contributed by atoms with Crippen molar-refractivity contribution in [2.75, 3.05) is 11.1 Å². The number of benzene rings is 2. The molecule has 1 aromatic heterocycles. The molecule has 1 heterocycles. The first-order valence-corrected chi connectivity index (χ1v) is 8.72. The number of nitrogens with two attached hydrogens (primary N) is 1. The van der Waals surface area contributed by atoms with Crippen LogP contribution >= 0.6 is 11.6 Å². The van der Waals surface area contributed by atoms with Gasteiger partial charge in [-0.1, -0.05) is 35.9 Å². The molecule has 9 heteroatoms. The first kappa shape index (κ1) is 20.5. The molecule has 0 atom stereocenters. The molecule has 0 unspecified atom stereocenters. The Bertz CT molecular complexity index is 1020. The lowest BCUT2D eigenvalue weighted by Crippen LogP contribution is -2.14. The minimum absolute atomic E-state index is 0.0612. The lowest BCUT2D eigenvalue weighted by atomic mass is 10.1. The van der Waals surface area contributed by atoms with Crippen molar-refractivity contribution in [2.45, 2.75) is 12.8 Å². The fourth-order valence-electron chi connectivity index (χ4n) is 2.57. The largest absolute Gasteiger partial charge is 0.444 e. The van der Waals surface area contributed by atoms with Crippen LogP contribution in [0.4, 0.5) is 29.5 Å². The minimum atomic E-state index is -4.63. The zero-order valence-electron chi connectivity index (χ0n) is 14.8.